The maximum atomic E-state index is 9.11. The van der Waals surface area contributed by atoms with Gasteiger partial charge in [-0.05, 0) is 18.6 Å². The van der Waals surface area contributed by atoms with E-state index in [0.717, 1.165) is 29.9 Å². The van der Waals surface area contributed by atoms with Gasteiger partial charge in [-0.3, -0.25) is 0 Å². The first kappa shape index (κ1) is 21.9. The van der Waals surface area contributed by atoms with Crippen LogP contribution in [0, 0.1) is 0 Å². The summed E-state index contributed by atoms with van der Waals surface area (Å²) in [5.74, 6) is 1.82. The number of rotatable bonds is 8. The van der Waals surface area contributed by atoms with Gasteiger partial charge in [-0.1, -0.05) is 39.0 Å². The molecule has 3 rings (SSSR count). The Hall–Kier alpha value is -2.38. The third-order valence-corrected chi connectivity index (χ3v) is 4.32. The highest BCUT2D eigenvalue weighted by atomic mass is 16.5. The number of benzene rings is 1. The van der Waals surface area contributed by atoms with E-state index >= 15 is 0 Å². The molecular weight excluding hydrogens is 356 g/mol. The number of ether oxygens (including phenoxy) is 2. The summed E-state index contributed by atoms with van der Waals surface area (Å²) in [6.07, 6.45) is 1.61. The van der Waals surface area contributed by atoms with Crippen molar-refractivity contribution in [3.05, 3.63) is 35.9 Å². The van der Waals surface area contributed by atoms with Crippen molar-refractivity contribution in [3.8, 4) is 5.88 Å². The van der Waals surface area contributed by atoms with Crippen LogP contribution < -0.4 is 15.0 Å². The number of nitrogens with one attached hydrogen (secondary N) is 1. The van der Waals surface area contributed by atoms with E-state index in [-0.39, 0.29) is 12.7 Å². The first-order valence-corrected chi connectivity index (χ1v) is 10.0. The normalized spacial score (nSPS) is 15.5. The van der Waals surface area contributed by atoms with Gasteiger partial charge in [0.2, 0.25) is 11.8 Å². The summed E-state index contributed by atoms with van der Waals surface area (Å²) in [5.41, 5.74) is 1.99. The SMILES string of the molecule is CC.CCc1c(OC2CCOC2)nc(NCCO)nc1N(C)c1ccccc1. The van der Waals surface area contributed by atoms with Crippen molar-refractivity contribution < 1.29 is 14.6 Å². The highest BCUT2D eigenvalue weighted by Crippen LogP contribution is 2.33. The summed E-state index contributed by atoms with van der Waals surface area (Å²) in [6.45, 7) is 7.75. The van der Waals surface area contributed by atoms with Crippen LogP contribution in [0.2, 0.25) is 0 Å². The van der Waals surface area contributed by atoms with E-state index in [1.807, 2.05) is 56.1 Å². The number of aromatic nitrogens is 2. The van der Waals surface area contributed by atoms with Crippen LogP contribution in [-0.4, -0.2) is 54.6 Å². The lowest BCUT2D eigenvalue weighted by molar-refractivity contribution is 0.137. The number of aliphatic hydroxyl groups excluding tert-OH is 1. The van der Waals surface area contributed by atoms with Gasteiger partial charge in [-0.2, -0.15) is 9.97 Å². The van der Waals surface area contributed by atoms with E-state index in [2.05, 4.69) is 22.2 Å². The minimum absolute atomic E-state index is 0.00933. The highest BCUT2D eigenvalue weighted by Gasteiger charge is 2.23. The van der Waals surface area contributed by atoms with Gasteiger partial charge in [0.15, 0.2) is 0 Å². The summed E-state index contributed by atoms with van der Waals surface area (Å²) < 4.78 is 11.6. The van der Waals surface area contributed by atoms with Crippen LogP contribution in [0.25, 0.3) is 0 Å². The third kappa shape index (κ3) is 5.56. The summed E-state index contributed by atoms with van der Waals surface area (Å²) in [5, 5.41) is 12.2. The molecule has 1 aliphatic heterocycles. The van der Waals surface area contributed by atoms with Crippen LogP contribution in [0.15, 0.2) is 30.3 Å². The van der Waals surface area contributed by atoms with Gasteiger partial charge >= 0.3 is 0 Å². The Morgan fingerprint density at radius 3 is 2.61 bits per heavy atom. The topological polar surface area (TPSA) is 79.7 Å². The zero-order valence-electron chi connectivity index (χ0n) is 17.3. The van der Waals surface area contributed by atoms with Crippen molar-refractivity contribution >= 4 is 17.5 Å². The Bertz CT molecular complexity index is 706. The van der Waals surface area contributed by atoms with E-state index in [1.54, 1.807) is 0 Å². The number of hydrogen-bond acceptors (Lipinski definition) is 7. The predicted molar refractivity (Wildman–Crippen MR) is 113 cm³/mol. The average Bonchev–Trinajstić information content (AvgIpc) is 3.26. The summed E-state index contributed by atoms with van der Waals surface area (Å²) in [7, 11) is 1.98. The van der Waals surface area contributed by atoms with Crippen LogP contribution in [0.5, 0.6) is 5.88 Å². The fourth-order valence-electron chi connectivity index (χ4n) is 2.92. The number of anilines is 3. The molecule has 1 aromatic carbocycles. The zero-order valence-corrected chi connectivity index (χ0v) is 17.3. The van der Waals surface area contributed by atoms with Gasteiger partial charge in [0.05, 0.1) is 25.4 Å². The molecule has 1 unspecified atom stereocenters. The van der Waals surface area contributed by atoms with Gasteiger partial charge in [-0.15, -0.1) is 0 Å². The molecule has 7 heteroatoms. The molecule has 2 aromatic rings. The molecule has 1 fully saturated rings. The molecule has 28 heavy (non-hydrogen) atoms. The average molecular weight is 389 g/mol. The summed E-state index contributed by atoms with van der Waals surface area (Å²) in [6, 6.07) is 10.1. The fraction of sp³-hybridized carbons (Fsp3) is 0.524. The number of nitrogens with zero attached hydrogens (tertiary/aromatic N) is 3. The molecule has 0 spiro atoms. The smallest absolute Gasteiger partial charge is 0.228 e. The molecule has 0 amide bonds. The van der Waals surface area contributed by atoms with Crippen molar-refractivity contribution in [2.75, 3.05) is 43.6 Å². The number of aliphatic hydroxyl groups is 1. The fourth-order valence-corrected chi connectivity index (χ4v) is 2.92. The van der Waals surface area contributed by atoms with Crippen molar-refractivity contribution in [2.45, 2.75) is 39.7 Å². The largest absolute Gasteiger partial charge is 0.471 e. The van der Waals surface area contributed by atoms with Crippen molar-refractivity contribution in [1.82, 2.24) is 9.97 Å². The van der Waals surface area contributed by atoms with Crippen LogP contribution in [0.4, 0.5) is 17.5 Å². The Balaban J connectivity index is 0.00000136. The van der Waals surface area contributed by atoms with Gasteiger partial charge in [0, 0.05) is 25.7 Å². The van der Waals surface area contributed by atoms with Crippen LogP contribution >= 0.6 is 0 Å². The van der Waals surface area contributed by atoms with Crippen LogP contribution in [0.3, 0.4) is 0 Å². The zero-order chi connectivity index (χ0) is 20.4. The lowest BCUT2D eigenvalue weighted by Gasteiger charge is -2.24. The second-order valence-electron chi connectivity index (χ2n) is 6.16. The standard InChI is InChI=1S/C19H26N4O3.C2H6/c1-3-16-17(23(2)14-7-5-4-6-8-14)21-19(20-10-11-24)22-18(16)26-15-9-12-25-13-15;1-2/h4-8,15,24H,3,9-13H2,1-2H3,(H,20,21,22);1-2H3. The lowest BCUT2D eigenvalue weighted by atomic mass is 10.2. The number of hydrogen-bond donors (Lipinski definition) is 2. The molecule has 0 aliphatic carbocycles. The minimum atomic E-state index is 0.00933. The molecule has 7 nitrogen and oxygen atoms in total. The Kier molecular flexibility index (Phi) is 8.97. The highest BCUT2D eigenvalue weighted by molar-refractivity contribution is 5.65. The van der Waals surface area contributed by atoms with Crippen molar-refractivity contribution in [2.24, 2.45) is 0 Å². The monoisotopic (exact) mass is 388 g/mol. The van der Waals surface area contributed by atoms with E-state index in [4.69, 9.17) is 14.6 Å². The van der Waals surface area contributed by atoms with Crippen LogP contribution in [0.1, 0.15) is 32.8 Å². The quantitative estimate of drug-likeness (QED) is 0.717. The van der Waals surface area contributed by atoms with E-state index < -0.39 is 0 Å². The lowest BCUT2D eigenvalue weighted by Crippen LogP contribution is -2.21. The summed E-state index contributed by atoms with van der Waals surface area (Å²) in [4.78, 5) is 11.2. The molecule has 154 valence electrons. The first-order chi connectivity index (χ1) is 13.7. The second kappa shape index (κ2) is 11.5. The Morgan fingerprint density at radius 1 is 1.25 bits per heavy atom. The van der Waals surface area contributed by atoms with Gasteiger partial charge < -0.3 is 24.8 Å². The molecular formula is C21H32N4O3. The molecule has 1 aliphatic rings. The molecule has 1 saturated heterocycles. The predicted octanol–water partition coefficient (Wildman–Crippen LogP) is 3.41. The second-order valence-corrected chi connectivity index (χ2v) is 6.16. The molecule has 2 heterocycles. The molecule has 1 atom stereocenters. The third-order valence-electron chi connectivity index (χ3n) is 4.32. The Labute approximate surface area is 167 Å². The molecule has 2 N–H and O–H groups in total. The van der Waals surface area contributed by atoms with Gasteiger partial charge in [0.25, 0.3) is 0 Å². The van der Waals surface area contributed by atoms with E-state index in [9.17, 15) is 0 Å². The van der Waals surface area contributed by atoms with Crippen molar-refractivity contribution in [1.29, 1.82) is 0 Å². The maximum absolute atomic E-state index is 9.11. The summed E-state index contributed by atoms with van der Waals surface area (Å²) >= 11 is 0. The number of para-hydroxylation sites is 1. The molecule has 0 radical (unpaired) electrons. The molecule has 0 saturated carbocycles. The van der Waals surface area contributed by atoms with E-state index in [0.29, 0.717) is 31.6 Å². The van der Waals surface area contributed by atoms with Gasteiger partial charge in [-0.25, -0.2) is 0 Å². The van der Waals surface area contributed by atoms with Crippen LogP contribution in [-0.2, 0) is 11.2 Å². The molecule has 0 bridgehead atoms. The minimum Gasteiger partial charge on any atom is -0.471 e. The molecule has 1 aromatic heterocycles. The first-order valence-electron chi connectivity index (χ1n) is 10.0. The van der Waals surface area contributed by atoms with Crippen molar-refractivity contribution in [3.63, 3.8) is 0 Å². The van der Waals surface area contributed by atoms with E-state index in [1.165, 1.54) is 0 Å². The Morgan fingerprint density at radius 2 is 2.00 bits per heavy atom. The maximum Gasteiger partial charge on any atom is 0.228 e. The van der Waals surface area contributed by atoms with Gasteiger partial charge in [0.1, 0.15) is 11.9 Å².